The van der Waals surface area contributed by atoms with Gasteiger partial charge in [-0.1, -0.05) is 75.4 Å². The molecule has 0 bridgehead atoms. The van der Waals surface area contributed by atoms with E-state index in [9.17, 15) is 17.6 Å². The molecule has 0 saturated heterocycles. The predicted octanol–water partition coefficient (Wildman–Crippen LogP) is 7.90. The highest BCUT2D eigenvalue weighted by Gasteiger charge is 2.49. The molecule has 4 rings (SSSR count). The molecule has 4 nitrogen and oxygen atoms in total. The largest absolute Gasteiger partial charge is 0.416 e. The van der Waals surface area contributed by atoms with Gasteiger partial charge in [0.05, 0.1) is 5.56 Å². The van der Waals surface area contributed by atoms with Crippen molar-refractivity contribution in [3.05, 3.63) is 107 Å². The Morgan fingerprint density at radius 1 is 0.784 bits per heavy atom. The van der Waals surface area contributed by atoms with Crippen LogP contribution in [-0.2, 0) is 21.4 Å². The van der Waals surface area contributed by atoms with Crippen molar-refractivity contribution >= 4 is 19.9 Å². The molecule has 1 heterocycles. The lowest BCUT2D eigenvalue weighted by Gasteiger charge is -2.38. The van der Waals surface area contributed by atoms with Gasteiger partial charge in [0.25, 0.3) is 5.72 Å². The smallest absolute Gasteiger partial charge is 0.283 e. The minimum absolute atomic E-state index is 0.230. The summed E-state index contributed by atoms with van der Waals surface area (Å²) < 4.78 is 60.0. The van der Waals surface area contributed by atoms with Gasteiger partial charge in [-0.3, -0.25) is 4.58 Å². The summed E-state index contributed by atoms with van der Waals surface area (Å²) in [6.07, 6.45) is -4.51. The van der Waals surface area contributed by atoms with Crippen molar-refractivity contribution < 1.29 is 27.0 Å². The highest BCUT2D eigenvalue weighted by molar-refractivity contribution is 6.73. The first-order chi connectivity index (χ1) is 17.2. The summed E-state index contributed by atoms with van der Waals surface area (Å²) in [7, 11) is -2.52. The summed E-state index contributed by atoms with van der Waals surface area (Å²) >= 11 is 0. The normalized spacial score (nSPS) is 18.5. The fourth-order valence-electron chi connectivity index (χ4n) is 3.48. The Labute approximate surface area is 214 Å². The number of aliphatic imine (C=N–C) groups is 2. The van der Waals surface area contributed by atoms with Crippen molar-refractivity contribution in [1.82, 2.24) is 0 Å². The van der Waals surface area contributed by atoms with Gasteiger partial charge >= 0.3 is 6.18 Å². The van der Waals surface area contributed by atoms with Crippen molar-refractivity contribution in [1.29, 1.82) is 0 Å². The number of amidine groups is 1. The maximum absolute atomic E-state index is 13.8. The van der Waals surface area contributed by atoms with Crippen molar-refractivity contribution in [2.45, 2.75) is 50.8 Å². The van der Waals surface area contributed by atoms with Crippen LogP contribution in [0.2, 0.25) is 18.1 Å². The predicted molar refractivity (Wildman–Crippen MR) is 138 cm³/mol. The molecule has 1 aliphatic heterocycles. The summed E-state index contributed by atoms with van der Waals surface area (Å²) in [5.74, 6) is -0.122. The monoisotopic (exact) mass is 528 g/mol. The van der Waals surface area contributed by atoms with Crippen molar-refractivity contribution in [3.63, 3.8) is 0 Å². The Kier molecular flexibility index (Phi) is 7.00. The number of benzene rings is 3. The quantitative estimate of drug-likeness (QED) is 0.141. The average Bonchev–Trinajstić information content (AvgIpc) is 3.24. The lowest BCUT2D eigenvalue weighted by atomic mass is 9.92. The molecule has 0 aromatic heterocycles. The van der Waals surface area contributed by atoms with Gasteiger partial charge in [0.1, 0.15) is 11.5 Å². The Balaban J connectivity index is 1.93. The van der Waals surface area contributed by atoms with E-state index >= 15 is 0 Å². The molecule has 3 aromatic carbocycles. The summed E-state index contributed by atoms with van der Waals surface area (Å²) in [5.41, 5.74) is -0.759. The van der Waals surface area contributed by atoms with Crippen LogP contribution >= 0.6 is 0 Å². The van der Waals surface area contributed by atoms with Gasteiger partial charge in [0, 0.05) is 16.7 Å². The van der Waals surface area contributed by atoms with E-state index in [1.807, 2.05) is 64.2 Å². The molecule has 3 aromatic rings. The van der Waals surface area contributed by atoms with Crippen LogP contribution in [0.4, 0.5) is 17.6 Å². The molecule has 0 aliphatic carbocycles. The molecule has 0 saturated carbocycles. The first-order valence-corrected chi connectivity index (χ1v) is 14.7. The Morgan fingerprint density at radius 2 is 1.38 bits per heavy atom. The highest BCUT2D eigenvalue weighted by Crippen LogP contribution is 2.43. The van der Waals surface area contributed by atoms with Crippen LogP contribution in [-0.4, -0.2) is 19.9 Å². The van der Waals surface area contributed by atoms with Crippen LogP contribution in [0.25, 0.3) is 0 Å². The number of hydrogen-bond acceptors (Lipinski definition) is 4. The van der Waals surface area contributed by atoms with Gasteiger partial charge < -0.3 is 0 Å². The molecule has 1 aliphatic rings. The zero-order valence-corrected chi connectivity index (χ0v) is 22.2. The van der Waals surface area contributed by atoms with Crippen LogP contribution in [0.1, 0.15) is 43.0 Å². The van der Waals surface area contributed by atoms with Gasteiger partial charge in [-0.25, -0.2) is 19.3 Å². The molecule has 0 radical (unpaired) electrons. The minimum atomic E-state index is -4.51. The fraction of sp³-hybridized carbons (Fsp3) is 0.286. The standard InChI is InChI=1S/C28H28F4N2O2Si/c1-26(2,3)37(4,5)36-35-27(21-13-15-22(16-14-21)28(30,31)32)24(19-11-17-23(29)18-12-19)33-25(34-27)20-9-7-6-8-10-20/h6-18H,1-5H3. The summed E-state index contributed by atoms with van der Waals surface area (Å²) in [6, 6.07) is 19.4. The number of hydrogen-bond donors (Lipinski definition) is 0. The summed E-state index contributed by atoms with van der Waals surface area (Å²) in [5, 5.41) is -0.230. The molecule has 0 N–H and O–H groups in total. The zero-order chi connectivity index (χ0) is 27.1. The fourth-order valence-corrected chi connectivity index (χ4v) is 4.05. The molecule has 1 atom stereocenters. The topological polar surface area (TPSA) is 43.2 Å². The van der Waals surface area contributed by atoms with Gasteiger partial charge in [-0.15, -0.1) is 0 Å². The SMILES string of the molecule is CC(C)(C)[Si](C)(C)OOC1(c2ccc(C(F)(F)F)cc2)N=C(c2ccccc2)N=C1c1ccc(F)cc1. The van der Waals surface area contributed by atoms with E-state index < -0.39 is 31.6 Å². The van der Waals surface area contributed by atoms with Gasteiger partial charge in [-0.05, 0) is 42.4 Å². The molecule has 194 valence electrons. The Morgan fingerprint density at radius 3 is 1.92 bits per heavy atom. The first kappa shape index (κ1) is 26.9. The Hall–Kier alpha value is -3.14. The third-order valence-corrected chi connectivity index (χ3v) is 10.8. The van der Waals surface area contributed by atoms with Gasteiger partial charge in [-0.2, -0.15) is 13.2 Å². The molecule has 0 amide bonds. The van der Waals surface area contributed by atoms with E-state index in [1.54, 1.807) is 0 Å². The van der Waals surface area contributed by atoms with Crippen LogP contribution in [0.5, 0.6) is 0 Å². The molecule has 1 unspecified atom stereocenters. The average molecular weight is 529 g/mol. The highest BCUT2D eigenvalue weighted by atomic mass is 28.4. The number of rotatable bonds is 6. The van der Waals surface area contributed by atoms with Crippen LogP contribution in [0.15, 0.2) is 88.8 Å². The van der Waals surface area contributed by atoms with Gasteiger partial charge in [0.2, 0.25) is 8.32 Å². The summed E-state index contributed by atoms with van der Waals surface area (Å²) in [6.45, 7) is 10.1. The maximum atomic E-state index is 13.8. The number of alkyl halides is 3. The van der Waals surface area contributed by atoms with Gasteiger partial charge in [0.15, 0.2) is 5.84 Å². The molecule has 0 fully saturated rings. The van der Waals surface area contributed by atoms with E-state index in [0.29, 0.717) is 22.5 Å². The second-order valence-electron chi connectivity index (χ2n) is 10.4. The molecular formula is C28H28F4N2O2Si. The molecular weight excluding hydrogens is 500 g/mol. The second-order valence-corrected chi connectivity index (χ2v) is 15.1. The minimum Gasteiger partial charge on any atom is -0.283 e. The number of nitrogens with zero attached hydrogens (tertiary/aromatic N) is 2. The third-order valence-electron chi connectivity index (χ3n) is 6.73. The molecule has 37 heavy (non-hydrogen) atoms. The molecule has 9 heteroatoms. The van der Waals surface area contributed by atoms with E-state index in [0.717, 1.165) is 12.1 Å². The molecule has 0 spiro atoms. The second kappa shape index (κ2) is 9.63. The lowest BCUT2D eigenvalue weighted by Crippen LogP contribution is -2.45. The van der Waals surface area contributed by atoms with E-state index in [2.05, 4.69) is 0 Å². The van der Waals surface area contributed by atoms with Crippen LogP contribution in [0.3, 0.4) is 0 Å². The van der Waals surface area contributed by atoms with Crippen molar-refractivity contribution in [2.24, 2.45) is 9.98 Å². The van der Waals surface area contributed by atoms with E-state index in [1.165, 1.54) is 36.4 Å². The van der Waals surface area contributed by atoms with Crippen molar-refractivity contribution in [2.75, 3.05) is 0 Å². The third kappa shape index (κ3) is 5.44. The van der Waals surface area contributed by atoms with E-state index in [-0.39, 0.29) is 10.7 Å². The van der Waals surface area contributed by atoms with E-state index in [4.69, 9.17) is 19.4 Å². The summed E-state index contributed by atoms with van der Waals surface area (Å²) in [4.78, 5) is 15.8. The lowest BCUT2D eigenvalue weighted by molar-refractivity contribution is -0.282. The van der Waals surface area contributed by atoms with Crippen LogP contribution in [0, 0.1) is 5.82 Å². The van der Waals surface area contributed by atoms with Crippen LogP contribution < -0.4 is 0 Å². The van der Waals surface area contributed by atoms with Crippen molar-refractivity contribution in [3.8, 4) is 0 Å². The first-order valence-electron chi connectivity index (χ1n) is 11.8. The Bertz CT molecular complexity index is 1310. The number of halogens is 4. The zero-order valence-electron chi connectivity index (χ0n) is 21.2. The maximum Gasteiger partial charge on any atom is 0.416 e.